The number of carboxylic acid groups (broad SMARTS) is 1. The number of carbonyl (C=O) groups excluding carboxylic acids is 2. The van der Waals surface area contributed by atoms with Crippen molar-refractivity contribution >= 4 is 17.7 Å². The summed E-state index contributed by atoms with van der Waals surface area (Å²) in [6.45, 7) is 10.4. The second-order valence-electron chi connectivity index (χ2n) is 5.58. The third kappa shape index (κ3) is 4.98. The number of ketones is 1. The van der Waals surface area contributed by atoms with Crippen molar-refractivity contribution in [2.45, 2.75) is 45.6 Å². The molecular formula is C17H22O5. The van der Waals surface area contributed by atoms with Gasteiger partial charge in [-0.1, -0.05) is 19.2 Å². The highest BCUT2D eigenvalue weighted by Gasteiger charge is 2.24. The lowest BCUT2D eigenvalue weighted by atomic mass is 9.86. The van der Waals surface area contributed by atoms with Crippen molar-refractivity contribution in [2.24, 2.45) is 5.92 Å². The van der Waals surface area contributed by atoms with Crippen LogP contribution in [0.15, 0.2) is 36.0 Å². The van der Waals surface area contributed by atoms with Crippen LogP contribution in [-0.2, 0) is 19.1 Å². The van der Waals surface area contributed by atoms with E-state index >= 15 is 0 Å². The molecule has 5 heteroatoms. The first-order valence-electron chi connectivity index (χ1n) is 7.19. The third-order valence-corrected chi connectivity index (χ3v) is 3.87. The van der Waals surface area contributed by atoms with Crippen molar-refractivity contribution in [1.82, 2.24) is 0 Å². The monoisotopic (exact) mass is 306 g/mol. The Bertz CT molecular complexity index is 541. The maximum absolute atomic E-state index is 12.1. The van der Waals surface area contributed by atoms with Crippen molar-refractivity contribution < 1.29 is 24.2 Å². The molecule has 0 fully saturated rings. The first-order valence-corrected chi connectivity index (χ1v) is 7.19. The van der Waals surface area contributed by atoms with Gasteiger partial charge in [-0.05, 0) is 43.3 Å². The number of hydrogen-bond acceptors (Lipinski definition) is 4. The molecule has 120 valence electrons. The van der Waals surface area contributed by atoms with Gasteiger partial charge < -0.3 is 9.84 Å². The van der Waals surface area contributed by atoms with E-state index in [0.29, 0.717) is 24.8 Å². The molecule has 0 aliphatic heterocycles. The largest absolute Gasteiger partial charge is 0.478 e. The molecule has 1 N–H and O–H groups in total. The number of rotatable bonds is 3. The van der Waals surface area contributed by atoms with Crippen LogP contribution in [-0.4, -0.2) is 28.9 Å². The molecule has 0 saturated carbocycles. The summed E-state index contributed by atoms with van der Waals surface area (Å²) in [5.41, 5.74) is 1.28. The number of esters is 1. The van der Waals surface area contributed by atoms with Crippen molar-refractivity contribution in [3.05, 3.63) is 36.0 Å². The Balaban J connectivity index is 3.05. The van der Waals surface area contributed by atoms with Gasteiger partial charge in [-0.15, -0.1) is 0 Å². The molecule has 0 aromatic carbocycles. The van der Waals surface area contributed by atoms with E-state index in [1.165, 1.54) is 6.92 Å². The number of Topliss-reactive ketones (excluding diaryl/α,β-unsaturated/α-hetero) is 1. The Morgan fingerprint density at radius 1 is 1.41 bits per heavy atom. The summed E-state index contributed by atoms with van der Waals surface area (Å²) in [5, 5.41) is 9.10. The van der Waals surface area contributed by atoms with Crippen molar-refractivity contribution in [3.8, 4) is 0 Å². The summed E-state index contributed by atoms with van der Waals surface area (Å²) in [6.07, 6.45) is 2.68. The number of allylic oxidation sites excluding steroid dienone is 2. The highest BCUT2D eigenvalue weighted by molar-refractivity contribution is 5.95. The zero-order valence-corrected chi connectivity index (χ0v) is 13.1. The van der Waals surface area contributed by atoms with E-state index in [4.69, 9.17) is 9.84 Å². The van der Waals surface area contributed by atoms with Crippen LogP contribution in [0.3, 0.4) is 0 Å². The molecule has 0 amide bonds. The lowest BCUT2D eigenvalue weighted by molar-refractivity contribution is -0.145. The summed E-state index contributed by atoms with van der Waals surface area (Å²) in [4.78, 5) is 34.4. The number of carboxylic acids is 1. The van der Waals surface area contributed by atoms with E-state index in [9.17, 15) is 14.4 Å². The molecule has 0 aromatic rings. The standard InChI is InChI=1S/C17H22O5/c1-10-5-7-14(12(3)17(20)21)8-6-11(2)16(9-15(10)19)22-13(4)18/h6,14,16H,1,3,5,7-9H2,2,4H3,(H,20,21). The van der Waals surface area contributed by atoms with Gasteiger partial charge in [0.25, 0.3) is 0 Å². The normalized spacial score (nSPS) is 23.5. The minimum absolute atomic E-state index is 0.0747. The molecule has 0 heterocycles. The maximum Gasteiger partial charge on any atom is 0.331 e. The van der Waals surface area contributed by atoms with Crippen LogP contribution in [0.1, 0.15) is 39.5 Å². The molecular weight excluding hydrogens is 284 g/mol. The summed E-state index contributed by atoms with van der Waals surface area (Å²) >= 11 is 0. The Morgan fingerprint density at radius 3 is 2.59 bits per heavy atom. The second-order valence-corrected chi connectivity index (χ2v) is 5.58. The highest BCUT2D eigenvalue weighted by atomic mass is 16.5. The van der Waals surface area contributed by atoms with Crippen LogP contribution >= 0.6 is 0 Å². The molecule has 1 rings (SSSR count). The fourth-order valence-electron chi connectivity index (χ4n) is 2.37. The first kappa shape index (κ1) is 17.9. The average Bonchev–Trinajstić information content (AvgIpc) is 2.43. The van der Waals surface area contributed by atoms with Crippen LogP contribution in [0.2, 0.25) is 0 Å². The molecule has 2 atom stereocenters. The zero-order valence-electron chi connectivity index (χ0n) is 13.1. The summed E-state index contributed by atoms with van der Waals surface area (Å²) in [6, 6.07) is 0. The lowest BCUT2D eigenvalue weighted by Crippen LogP contribution is -2.24. The van der Waals surface area contributed by atoms with Gasteiger partial charge in [0, 0.05) is 12.5 Å². The van der Waals surface area contributed by atoms with Crippen LogP contribution in [0, 0.1) is 5.92 Å². The lowest BCUT2D eigenvalue weighted by Gasteiger charge is -2.22. The summed E-state index contributed by atoms with van der Waals surface area (Å²) in [5.74, 6) is -1.94. The Labute approximate surface area is 130 Å². The van der Waals surface area contributed by atoms with Crippen molar-refractivity contribution in [1.29, 1.82) is 0 Å². The van der Waals surface area contributed by atoms with E-state index in [2.05, 4.69) is 13.2 Å². The van der Waals surface area contributed by atoms with Crippen molar-refractivity contribution in [2.75, 3.05) is 0 Å². The van der Waals surface area contributed by atoms with Gasteiger partial charge in [-0.2, -0.15) is 0 Å². The van der Waals surface area contributed by atoms with Gasteiger partial charge in [0.1, 0.15) is 6.10 Å². The first-order chi connectivity index (χ1) is 10.2. The Hall–Kier alpha value is -2.17. The SMILES string of the molecule is C=C1CCC(C(=C)C(=O)O)CC=C(C)C(OC(C)=O)CC1=O. The van der Waals surface area contributed by atoms with Crippen LogP contribution in [0.25, 0.3) is 0 Å². The molecule has 5 nitrogen and oxygen atoms in total. The number of aliphatic carboxylic acids is 1. The van der Waals surface area contributed by atoms with Gasteiger partial charge in [0.15, 0.2) is 5.78 Å². The quantitative estimate of drug-likeness (QED) is 0.492. The third-order valence-electron chi connectivity index (χ3n) is 3.87. The molecule has 1 aliphatic carbocycles. The van der Waals surface area contributed by atoms with E-state index < -0.39 is 18.0 Å². The number of carbonyl (C=O) groups is 3. The van der Waals surface area contributed by atoms with Gasteiger partial charge in [-0.3, -0.25) is 9.59 Å². The summed E-state index contributed by atoms with van der Waals surface area (Å²) in [7, 11) is 0. The van der Waals surface area contributed by atoms with Crippen LogP contribution in [0.5, 0.6) is 0 Å². The second kappa shape index (κ2) is 7.73. The predicted molar refractivity (Wildman–Crippen MR) is 82.2 cm³/mol. The van der Waals surface area contributed by atoms with Crippen LogP contribution < -0.4 is 0 Å². The van der Waals surface area contributed by atoms with Gasteiger partial charge >= 0.3 is 11.9 Å². The van der Waals surface area contributed by atoms with E-state index in [1.807, 2.05) is 6.08 Å². The smallest absolute Gasteiger partial charge is 0.331 e. The molecule has 1 aliphatic rings. The van der Waals surface area contributed by atoms with Crippen molar-refractivity contribution in [3.63, 3.8) is 0 Å². The molecule has 22 heavy (non-hydrogen) atoms. The van der Waals surface area contributed by atoms with Crippen LogP contribution in [0.4, 0.5) is 0 Å². The van der Waals surface area contributed by atoms with E-state index in [1.54, 1.807) is 6.92 Å². The van der Waals surface area contributed by atoms with Gasteiger partial charge in [0.2, 0.25) is 0 Å². The fourth-order valence-corrected chi connectivity index (χ4v) is 2.37. The molecule has 0 bridgehead atoms. The molecule has 2 unspecified atom stereocenters. The van der Waals surface area contributed by atoms with E-state index in [0.717, 1.165) is 5.57 Å². The highest BCUT2D eigenvalue weighted by Crippen LogP contribution is 2.27. The zero-order chi connectivity index (χ0) is 16.9. The average molecular weight is 306 g/mol. The molecule has 0 aromatic heterocycles. The molecule has 0 spiro atoms. The number of ether oxygens (including phenoxy) is 1. The minimum Gasteiger partial charge on any atom is -0.478 e. The summed E-state index contributed by atoms with van der Waals surface area (Å²) < 4.78 is 5.19. The fraction of sp³-hybridized carbons (Fsp3) is 0.471. The Morgan fingerprint density at radius 2 is 2.05 bits per heavy atom. The Kier molecular flexibility index (Phi) is 6.28. The topological polar surface area (TPSA) is 80.7 Å². The molecule has 0 saturated heterocycles. The minimum atomic E-state index is -1.04. The predicted octanol–water partition coefficient (Wildman–Crippen LogP) is 2.82. The van der Waals surface area contributed by atoms with Gasteiger partial charge in [0.05, 0.1) is 6.42 Å². The maximum atomic E-state index is 12.1. The van der Waals surface area contributed by atoms with E-state index in [-0.39, 0.29) is 23.7 Å². The molecule has 0 radical (unpaired) electrons. The van der Waals surface area contributed by atoms with Gasteiger partial charge in [-0.25, -0.2) is 4.79 Å². The number of hydrogen-bond donors (Lipinski definition) is 1.